The fraction of sp³-hybridized carbons (Fsp3) is 1.00. The molecule has 1 aliphatic heterocycles. The van der Waals surface area contributed by atoms with Crippen molar-refractivity contribution in [1.29, 1.82) is 0 Å². The molecule has 1 unspecified atom stereocenters. The molecule has 2 heteroatoms. The molecule has 17 heavy (non-hydrogen) atoms. The van der Waals surface area contributed by atoms with Gasteiger partial charge in [-0.1, -0.05) is 19.3 Å². The largest absolute Gasteiger partial charge is 0.311 e. The SMILES string of the molecule is CC1(N2CCNC(C3CCCCC3)C2)CCC1. The summed E-state index contributed by atoms with van der Waals surface area (Å²) in [5.41, 5.74) is 0.565. The van der Waals surface area contributed by atoms with E-state index in [1.165, 1.54) is 71.0 Å². The van der Waals surface area contributed by atoms with E-state index >= 15 is 0 Å². The van der Waals surface area contributed by atoms with Gasteiger partial charge in [0.1, 0.15) is 0 Å². The van der Waals surface area contributed by atoms with E-state index in [2.05, 4.69) is 17.1 Å². The van der Waals surface area contributed by atoms with Gasteiger partial charge in [-0.3, -0.25) is 4.90 Å². The van der Waals surface area contributed by atoms with Gasteiger partial charge in [0.25, 0.3) is 0 Å². The standard InChI is InChI=1S/C15H28N2/c1-15(8-5-9-15)17-11-10-16-14(12-17)13-6-3-2-4-7-13/h13-14,16H,2-12H2,1H3. The van der Waals surface area contributed by atoms with Crippen LogP contribution in [-0.2, 0) is 0 Å². The third kappa shape index (κ3) is 2.39. The summed E-state index contributed by atoms with van der Waals surface area (Å²) >= 11 is 0. The zero-order valence-corrected chi connectivity index (χ0v) is 11.4. The van der Waals surface area contributed by atoms with Gasteiger partial charge in [0.15, 0.2) is 0 Å². The fourth-order valence-corrected chi connectivity index (χ4v) is 4.13. The molecule has 1 heterocycles. The van der Waals surface area contributed by atoms with Crippen molar-refractivity contribution >= 4 is 0 Å². The topological polar surface area (TPSA) is 15.3 Å². The van der Waals surface area contributed by atoms with Gasteiger partial charge >= 0.3 is 0 Å². The summed E-state index contributed by atoms with van der Waals surface area (Å²) in [6.07, 6.45) is 11.7. The van der Waals surface area contributed by atoms with Crippen LogP contribution in [0.15, 0.2) is 0 Å². The summed E-state index contributed by atoms with van der Waals surface area (Å²) in [7, 11) is 0. The van der Waals surface area contributed by atoms with Crippen LogP contribution in [0.3, 0.4) is 0 Å². The van der Waals surface area contributed by atoms with Crippen LogP contribution < -0.4 is 5.32 Å². The maximum Gasteiger partial charge on any atom is 0.0223 e. The Balaban J connectivity index is 1.59. The lowest BCUT2D eigenvalue weighted by Crippen LogP contribution is -2.62. The van der Waals surface area contributed by atoms with Gasteiger partial charge in [-0.05, 0) is 44.9 Å². The molecule has 98 valence electrons. The van der Waals surface area contributed by atoms with Crippen LogP contribution in [0.2, 0.25) is 0 Å². The molecule has 2 nitrogen and oxygen atoms in total. The third-order valence-electron chi connectivity index (χ3n) is 5.62. The van der Waals surface area contributed by atoms with Crippen LogP contribution in [-0.4, -0.2) is 36.1 Å². The van der Waals surface area contributed by atoms with Gasteiger partial charge in [0.05, 0.1) is 0 Å². The van der Waals surface area contributed by atoms with E-state index in [1.807, 2.05) is 0 Å². The molecule has 0 spiro atoms. The molecule has 1 saturated heterocycles. The number of hydrogen-bond donors (Lipinski definition) is 1. The van der Waals surface area contributed by atoms with Gasteiger partial charge in [0.2, 0.25) is 0 Å². The van der Waals surface area contributed by atoms with Crippen molar-refractivity contribution in [2.75, 3.05) is 19.6 Å². The Hall–Kier alpha value is -0.0800. The van der Waals surface area contributed by atoms with E-state index in [4.69, 9.17) is 0 Å². The highest BCUT2D eigenvalue weighted by molar-refractivity contribution is 4.98. The molecule has 0 radical (unpaired) electrons. The molecule has 2 aliphatic carbocycles. The molecule has 1 N–H and O–H groups in total. The van der Waals surface area contributed by atoms with Crippen molar-refractivity contribution < 1.29 is 0 Å². The lowest BCUT2D eigenvalue weighted by atomic mass is 9.75. The number of hydrogen-bond acceptors (Lipinski definition) is 2. The van der Waals surface area contributed by atoms with Gasteiger partial charge in [-0.2, -0.15) is 0 Å². The molecule has 0 aromatic heterocycles. The number of rotatable bonds is 2. The lowest BCUT2D eigenvalue weighted by Gasteiger charge is -2.52. The zero-order valence-electron chi connectivity index (χ0n) is 11.4. The Bertz CT molecular complexity index is 254. The Kier molecular flexibility index (Phi) is 3.45. The van der Waals surface area contributed by atoms with Crippen molar-refractivity contribution in [2.45, 2.75) is 69.9 Å². The van der Waals surface area contributed by atoms with E-state index in [9.17, 15) is 0 Å². The quantitative estimate of drug-likeness (QED) is 0.793. The smallest absolute Gasteiger partial charge is 0.0223 e. The Morgan fingerprint density at radius 1 is 1.06 bits per heavy atom. The van der Waals surface area contributed by atoms with E-state index in [0.717, 1.165) is 12.0 Å². The normalized spacial score (nSPS) is 35.5. The van der Waals surface area contributed by atoms with Crippen molar-refractivity contribution in [3.8, 4) is 0 Å². The van der Waals surface area contributed by atoms with Crippen molar-refractivity contribution in [3.63, 3.8) is 0 Å². The Labute approximate surface area is 106 Å². The summed E-state index contributed by atoms with van der Waals surface area (Å²) in [5, 5.41) is 3.80. The maximum absolute atomic E-state index is 3.80. The van der Waals surface area contributed by atoms with Gasteiger partial charge < -0.3 is 5.32 Å². The highest BCUT2D eigenvalue weighted by atomic mass is 15.3. The van der Waals surface area contributed by atoms with Gasteiger partial charge in [0, 0.05) is 31.2 Å². The molecular formula is C15H28N2. The van der Waals surface area contributed by atoms with Gasteiger partial charge in [-0.25, -0.2) is 0 Å². The number of piperazine rings is 1. The molecule has 0 aromatic carbocycles. The van der Waals surface area contributed by atoms with E-state index in [-0.39, 0.29) is 0 Å². The summed E-state index contributed by atoms with van der Waals surface area (Å²) in [6, 6.07) is 0.793. The van der Waals surface area contributed by atoms with E-state index < -0.39 is 0 Å². The molecule has 1 atom stereocenters. The zero-order chi connectivity index (χ0) is 11.7. The van der Waals surface area contributed by atoms with Crippen LogP contribution in [0, 0.1) is 5.92 Å². The first-order valence-corrected chi connectivity index (χ1v) is 7.76. The Morgan fingerprint density at radius 2 is 1.82 bits per heavy atom. The first kappa shape index (κ1) is 12.0. The average Bonchev–Trinajstić information content (AvgIpc) is 2.37. The number of nitrogens with one attached hydrogen (secondary N) is 1. The third-order valence-corrected chi connectivity index (χ3v) is 5.62. The van der Waals surface area contributed by atoms with E-state index in [1.54, 1.807) is 0 Å². The monoisotopic (exact) mass is 236 g/mol. The second-order valence-electron chi connectivity index (χ2n) is 6.76. The van der Waals surface area contributed by atoms with Crippen LogP contribution in [0.1, 0.15) is 58.3 Å². The molecule has 3 rings (SSSR count). The maximum atomic E-state index is 3.80. The predicted octanol–water partition coefficient (Wildman–Crippen LogP) is 2.78. The molecule has 3 aliphatic rings. The minimum Gasteiger partial charge on any atom is -0.311 e. The van der Waals surface area contributed by atoms with Crippen molar-refractivity contribution in [1.82, 2.24) is 10.2 Å². The first-order valence-electron chi connectivity index (χ1n) is 7.76. The molecule has 0 amide bonds. The van der Waals surface area contributed by atoms with Crippen LogP contribution in [0.4, 0.5) is 0 Å². The summed E-state index contributed by atoms with van der Waals surface area (Å²) in [5.74, 6) is 0.968. The van der Waals surface area contributed by atoms with Crippen molar-refractivity contribution in [3.05, 3.63) is 0 Å². The molecule has 0 aromatic rings. The number of nitrogens with zero attached hydrogens (tertiary/aromatic N) is 1. The molecule has 0 bridgehead atoms. The molecular weight excluding hydrogens is 208 g/mol. The van der Waals surface area contributed by atoms with E-state index in [0.29, 0.717) is 5.54 Å². The molecule has 3 fully saturated rings. The fourth-order valence-electron chi connectivity index (χ4n) is 4.13. The summed E-state index contributed by atoms with van der Waals surface area (Å²) in [6.45, 7) is 6.30. The Morgan fingerprint density at radius 3 is 2.47 bits per heavy atom. The van der Waals surface area contributed by atoms with Gasteiger partial charge in [-0.15, -0.1) is 0 Å². The van der Waals surface area contributed by atoms with Crippen LogP contribution in [0.5, 0.6) is 0 Å². The second-order valence-corrected chi connectivity index (χ2v) is 6.76. The summed E-state index contributed by atoms with van der Waals surface area (Å²) < 4.78 is 0. The second kappa shape index (κ2) is 4.89. The van der Waals surface area contributed by atoms with Crippen molar-refractivity contribution in [2.24, 2.45) is 5.92 Å². The average molecular weight is 236 g/mol. The predicted molar refractivity (Wildman–Crippen MR) is 72.2 cm³/mol. The lowest BCUT2D eigenvalue weighted by molar-refractivity contribution is -0.000630. The first-order chi connectivity index (χ1) is 8.28. The highest BCUT2D eigenvalue weighted by Crippen LogP contribution is 2.38. The summed E-state index contributed by atoms with van der Waals surface area (Å²) in [4.78, 5) is 2.80. The van der Waals surface area contributed by atoms with Crippen LogP contribution in [0.25, 0.3) is 0 Å². The van der Waals surface area contributed by atoms with Crippen LogP contribution >= 0.6 is 0 Å². The minimum atomic E-state index is 0.565. The minimum absolute atomic E-state index is 0.565. The molecule has 2 saturated carbocycles. The highest BCUT2D eigenvalue weighted by Gasteiger charge is 2.40.